The summed E-state index contributed by atoms with van der Waals surface area (Å²) in [6.07, 6.45) is 3.71. The molecule has 1 aromatic heterocycles. The van der Waals surface area contributed by atoms with E-state index >= 15 is 0 Å². The third kappa shape index (κ3) is 3.96. The SMILES string of the molecule is CC(C)(C)OCC(=O)N1CCC(n2ccc(N)n2)CC1. The predicted molar refractivity (Wildman–Crippen MR) is 77.2 cm³/mol. The molecule has 0 radical (unpaired) electrons. The number of hydrogen-bond acceptors (Lipinski definition) is 4. The molecule has 0 atom stereocenters. The number of anilines is 1. The van der Waals surface area contributed by atoms with Crippen molar-refractivity contribution in [1.29, 1.82) is 0 Å². The van der Waals surface area contributed by atoms with Crippen LogP contribution in [0.25, 0.3) is 0 Å². The van der Waals surface area contributed by atoms with Gasteiger partial charge in [0.25, 0.3) is 0 Å². The summed E-state index contributed by atoms with van der Waals surface area (Å²) >= 11 is 0. The summed E-state index contributed by atoms with van der Waals surface area (Å²) in [6, 6.07) is 2.13. The molecule has 2 heterocycles. The van der Waals surface area contributed by atoms with E-state index in [-0.39, 0.29) is 18.1 Å². The average molecular weight is 280 g/mol. The molecule has 1 aromatic rings. The quantitative estimate of drug-likeness (QED) is 0.909. The Balaban J connectivity index is 1.80. The molecular formula is C14H24N4O2. The standard InChI is InChI=1S/C14H24N4O2/c1-14(2,3)20-10-13(19)17-7-4-11(5-8-17)18-9-6-12(15)16-18/h6,9,11H,4-5,7-8,10H2,1-3H3,(H2,15,16). The first-order valence-electron chi connectivity index (χ1n) is 7.07. The second-order valence-corrected chi connectivity index (χ2v) is 6.23. The summed E-state index contributed by atoms with van der Waals surface area (Å²) < 4.78 is 7.44. The molecule has 6 heteroatoms. The molecule has 1 fully saturated rings. The van der Waals surface area contributed by atoms with Crippen molar-refractivity contribution in [2.75, 3.05) is 25.4 Å². The summed E-state index contributed by atoms with van der Waals surface area (Å²) in [5, 5.41) is 4.24. The zero-order valence-corrected chi connectivity index (χ0v) is 12.5. The first-order valence-corrected chi connectivity index (χ1v) is 7.07. The monoisotopic (exact) mass is 280 g/mol. The molecule has 1 aliphatic heterocycles. The maximum atomic E-state index is 12.1. The van der Waals surface area contributed by atoms with Crippen LogP contribution in [-0.2, 0) is 9.53 Å². The minimum atomic E-state index is -0.277. The number of amides is 1. The molecule has 1 aliphatic rings. The maximum Gasteiger partial charge on any atom is 0.248 e. The van der Waals surface area contributed by atoms with E-state index in [2.05, 4.69) is 5.10 Å². The van der Waals surface area contributed by atoms with Crippen molar-refractivity contribution in [2.45, 2.75) is 45.3 Å². The van der Waals surface area contributed by atoms with Crippen molar-refractivity contribution in [2.24, 2.45) is 0 Å². The Morgan fingerprint density at radius 1 is 1.45 bits per heavy atom. The average Bonchev–Trinajstić information content (AvgIpc) is 2.82. The van der Waals surface area contributed by atoms with E-state index in [0.29, 0.717) is 11.9 Å². The van der Waals surface area contributed by atoms with Crippen molar-refractivity contribution in [3.8, 4) is 0 Å². The normalized spacial score (nSPS) is 17.4. The number of aromatic nitrogens is 2. The summed E-state index contributed by atoms with van der Waals surface area (Å²) in [5.74, 6) is 0.612. The Kier molecular flexibility index (Phi) is 4.32. The van der Waals surface area contributed by atoms with Gasteiger partial charge in [0.1, 0.15) is 12.4 Å². The van der Waals surface area contributed by atoms with Crippen LogP contribution in [0.4, 0.5) is 5.82 Å². The number of nitrogens with two attached hydrogens (primary N) is 1. The fourth-order valence-corrected chi connectivity index (χ4v) is 2.31. The van der Waals surface area contributed by atoms with Crippen LogP contribution in [0.15, 0.2) is 12.3 Å². The number of piperidine rings is 1. The number of carbonyl (C=O) groups excluding carboxylic acids is 1. The maximum absolute atomic E-state index is 12.1. The summed E-state index contributed by atoms with van der Waals surface area (Å²) in [4.78, 5) is 13.9. The molecule has 0 aliphatic carbocycles. The Hall–Kier alpha value is -1.56. The number of carbonyl (C=O) groups is 1. The van der Waals surface area contributed by atoms with Gasteiger partial charge in [-0.3, -0.25) is 9.48 Å². The molecule has 2 rings (SSSR count). The predicted octanol–water partition coefficient (Wildman–Crippen LogP) is 1.44. The highest BCUT2D eigenvalue weighted by molar-refractivity contribution is 5.77. The Bertz CT molecular complexity index is 456. The molecule has 0 aromatic carbocycles. The molecule has 6 nitrogen and oxygen atoms in total. The van der Waals surface area contributed by atoms with Crippen LogP contribution in [0.1, 0.15) is 39.7 Å². The molecule has 0 spiro atoms. The highest BCUT2D eigenvalue weighted by Crippen LogP contribution is 2.22. The van der Waals surface area contributed by atoms with Crippen LogP contribution >= 0.6 is 0 Å². The van der Waals surface area contributed by atoms with E-state index in [1.54, 1.807) is 6.07 Å². The van der Waals surface area contributed by atoms with Gasteiger partial charge in [0.05, 0.1) is 11.6 Å². The van der Waals surface area contributed by atoms with Gasteiger partial charge in [0.2, 0.25) is 5.91 Å². The number of likely N-dealkylation sites (tertiary alicyclic amines) is 1. The molecule has 1 amide bonds. The van der Waals surface area contributed by atoms with E-state index < -0.39 is 0 Å². The second kappa shape index (κ2) is 5.83. The summed E-state index contributed by atoms with van der Waals surface area (Å²) in [7, 11) is 0. The van der Waals surface area contributed by atoms with Gasteiger partial charge in [-0.15, -0.1) is 0 Å². The number of hydrogen-bond donors (Lipinski definition) is 1. The summed E-state index contributed by atoms with van der Waals surface area (Å²) in [6.45, 7) is 7.51. The zero-order valence-electron chi connectivity index (χ0n) is 12.5. The number of nitrogens with zero attached hydrogens (tertiary/aromatic N) is 3. The number of nitrogen functional groups attached to an aromatic ring is 1. The highest BCUT2D eigenvalue weighted by Gasteiger charge is 2.25. The van der Waals surface area contributed by atoms with Crippen LogP contribution in [0.3, 0.4) is 0 Å². The van der Waals surface area contributed by atoms with Crippen LogP contribution in [0, 0.1) is 0 Å². The van der Waals surface area contributed by atoms with Crippen molar-refractivity contribution in [3.63, 3.8) is 0 Å². The molecular weight excluding hydrogens is 256 g/mol. The molecule has 0 unspecified atom stereocenters. The van der Waals surface area contributed by atoms with E-state index in [0.717, 1.165) is 25.9 Å². The van der Waals surface area contributed by atoms with E-state index in [9.17, 15) is 4.79 Å². The van der Waals surface area contributed by atoms with Crippen LogP contribution in [0.5, 0.6) is 0 Å². The molecule has 2 N–H and O–H groups in total. The Morgan fingerprint density at radius 3 is 2.60 bits per heavy atom. The zero-order chi connectivity index (χ0) is 14.8. The lowest BCUT2D eigenvalue weighted by Gasteiger charge is -2.32. The third-order valence-corrected chi connectivity index (χ3v) is 3.45. The minimum Gasteiger partial charge on any atom is -0.382 e. The Labute approximate surface area is 119 Å². The first-order chi connectivity index (χ1) is 9.35. The van der Waals surface area contributed by atoms with Gasteiger partial charge in [-0.2, -0.15) is 5.10 Å². The van der Waals surface area contributed by atoms with Crippen molar-refractivity contribution < 1.29 is 9.53 Å². The van der Waals surface area contributed by atoms with Crippen molar-refractivity contribution in [3.05, 3.63) is 12.3 Å². The third-order valence-electron chi connectivity index (χ3n) is 3.45. The fourth-order valence-electron chi connectivity index (χ4n) is 2.31. The minimum absolute atomic E-state index is 0.0679. The highest BCUT2D eigenvalue weighted by atomic mass is 16.5. The largest absolute Gasteiger partial charge is 0.382 e. The number of rotatable bonds is 3. The van der Waals surface area contributed by atoms with Gasteiger partial charge in [0.15, 0.2) is 0 Å². The topological polar surface area (TPSA) is 73.4 Å². The van der Waals surface area contributed by atoms with E-state index in [1.165, 1.54) is 0 Å². The second-order valence-electron chi connectivity index (χ2n) is 6.23. The molecule has 20 heavy (non-hydrogen) atoms. The summed E-state index contributed by atoms with van der Waals surface area (Å²) in [5.41, 5.74) is 5.35. The molecule has 0 bridgehead atoms. The van der Waals surface area contributed by atoms with Gasteiger partial charge < -0.3 is 15.4 Å². The van der Waals surface area contributed by atoms with Gasteiger partial charge in [-0.05, 0) is 39.7 Å². The van der Waals surface area contributed by atoms with Gasteiger partial charge >= 0.3 is 0 Å². The van der Waals surface area contributed by atoms with Crippen LogP contribution in [-0.4, -0.2) is 45.9 Å². The molecule has 0 saturated carbocycles. The number of ether oxygens (including phenoxy) is 1. The van der Waals surface area contributed by atoms with Crippen LogP contribution in [0.2, 0.25) is 0 Å². The van der Waals surface area contributed by atoms with E-state index in [1.807, 2.05) is 36.5 Å². The molecule has 112 valence electrons. The van der Waals surface area contributed by atoms with Crippen LogP contribution < -0.4 is 5.73 Å². The Morgan fingerprint density at radius 2 is 2.10 bits per heavy atom. The lowest BCUT2D eigenvalue weighted by molar-refractivity contribution is -0.142. The molecule has 1 saturated heterocycles. The van der Waals surface area contributed by atoms with Gasteiger partial charge in [0, 0.05) is 19.3 Å². The van der Waals surface area contributed by atoms with Gasteiger partial charge in [-0.25, -0.2) is 0 Å². The van der Waals surface area contributed by atoms with Gasteiger partial charge in [-0.1, -0.05) is 0 Å². The lowest BCUT2D eigenvalue weighted by atomic mass is 10.1. The van der Waals surface area contributed by atoms with Crippen molar-refractivity contribution >= 4 is 11.7 Å². The first kappa shape index (κ1) is 14.8. The van der Waals surface area contributed by atoms with E-state index in [4.69, 9.17) is 10.5 Å². The lowest BCUT2D eigenvalue weighted by Crippen LogP contribution is -2.42. The fraction of sp³-hybridized carbons (Fsp3) is 0.714. The smallest absolute Gasteiger partial charge is 0.248 e. The van der Waals surface area contributed by atoms with Crippen molar-refractivity contribution in [1.82, 2.24) is 14.7 Å².